The van der Waals surface area contributed by atoms with Crippen molar-refractivity contribution in [2.24, 2.45) is 10.9 Å². The lowest BCUT2D eigenvalue weighted by Crippen LogP contribution is -2.58. The van der Waals surface area contributed by atoms with Gasteiger partial charge in [-0.05, 0) is 24.6 Å². The molecule has 0 unspecified atom stereocenters. The number of hydrogen-bond acceptors (Lipinski definition) is 7. The van der Waals surface area contributed by atoms with Crippen LogP contribution < -0.4 is 10.4 Å². The number of carboxylic acids is 1. The molecule has 1 aromatic rings. The van der Waals surface area contributed by atoms with E-state index in [4.69, 9.17) is 0 Å². The van der Waals surface area contributed by atoms with Crippen molar-refractivity contribution in [2.45, 2.75) is 19.4 Å². The molecular formula is C16H16N3O6-. The molecule has 9 heteroatoms. The lowest BCUT2D eigenvalue weighted by Gasteiger charge is -2.27. The number of aliphatic imine (C=N–C) groups is 1. The minimum atomic E-state index is -1.48. The second kappa shape index (κ2) is 7.56. The average molecular weight is 346 g/mol. The number of phenols is 1. The maximum absolute atomic E-state index is 12.1. The van der Waals surface area contributed by atoms with Gasteiger partial charge >= 0.3 is 6.03 Å². The Morgan fingerprint density at radius 1 is 1.36 bits per heavy atom. The number of barbiturate groups is 1. The first kappa shape index (κ1) is 18.1. The number of carboxylic acid groups (broad SMARTS) is 1. The van der Waals surface area contributed by atoms with Crippen LogP contribution in [0.1, 0.15) is 12.5 Å². The van der Waals surface area contributed by atoms with Crippen molar-refractivity contribution in [3.63, 3.8) is 0 Å². The molecule has 2 rings (SSSR count). The van der Waals surface area contributed by atoms with Crippen molar-refractivity contribution in [3.8, 4) is 5.75 Å². The number of imide groups is 2. The first-order valence-corrected chi connectivity index (χ1v) is 7.51. The van der Waals surface area contributed by atoms with E-state index in [1.807, 2.05) is 5.32 Å². The molecule has 1 aliphatic heterocycles. The van der Waals surface area contributed by atoms with Gasteiger partial charge in [0.1, 0.15) is 5.75 Å². The quantitative estimate of drug-likeness (QED) is 0.492. The predicted molar refractivity (Wildman–Crippen MR) is 83.5 cm³/mol. The Morgan fingerprint density at radius 3 is 2.56 bits per heavy atom. The Balaban J connectivity index is 2.16. The fourth-order valence-corrected chi connectivity index (χ4v) is 2.30. The molecule has 132 valence electrons. The fraction of sp³-hybridized carbons (Fsp3) is 0.312. The van der Waals surface area contributed by atoms with E-state index in [2.05, 4.69) is 4.99 Å². The highest BCUT2D eigenvalue weighted by atomic mass is 16.4. The summed E-state index contributed by atoms with van der Waals surface area (Å²) in [6, 6.07) is 3.70. The van der Waals surface area contributed by atoms with Crippen LogP contribution in [0.5, 0.6) is 5.75 Å². The molecule has 0 radical (unpaired) electrons. The van der Waals surface area contributed by atoms with Crippen molar-refractivity contribution >= 4 is 30.0 Å². The second-order valence-electron chi connectivity index (χ2n) is 5.36. The molecule has 1 fully saturated rings. The smallest absolute Gasteiger partial charge is 0.330 e. The highest BCUT2D eigenvalue weighted by Gasteiger charge is 2.38. The monoisotopic (exact) mass is 346 g/mol. The first-order valence-electron chi connectivity index (χ1n) is 7.51. The number of amides is 4. The zero-order chi connectivity index (χ0) is 18.6. The summed E-state index contributed by atoms with van der Waals surface area (Å²) in [5, 5.41) is 22.5. The highest BCUT2D eigenvalue weighted by molar-refractivity contribution is 6.23. The van der Waals surface area contributed by atoms with Crippen LogP contribution >= 0.6 is 0 Å². The van der Waals surface area contributed by atoms with E-state index in [9.17, 15) is 29.4 Å². The molecule has 0 aliphatic carbocycles. The van der Waals surface area contributed by atoms with Gasteiger partial charge in [0.25, 0.3) is 0 Å². The van der Waals surface area contributed by atoms with Gasteiger partial charge < -0.3 is 15.0 Å². The third kappa shape index (κ3) is 4.19. The second-order valence-corrected chi connectivity index (χ2v) is 5.36. The third-order valence-electron chi connectivity index (χ3n) is 3.66. The minimum absolute atomic E-state index is 0.0334. The van der Waals surface area contributed by atoms with Crippen LogP contribution in [0.15, 0.2) is 29.3 Å². The van der Waals surface area contributed by atoms with E-state index >= 15 is 0 Å². The molecule has 0 saturated carbocycles. The molecule has 25 heavy (non-hydrogen) atoms. The van der Waals surface area contributed by atoms with Crippen molar-refractivity contribution in [2.75, 3.05) is 6.54 Å². The Hall–Kier alpha value is -3.23. The third-order valence-corrected chi connectivity index (χ3v) is 3.66. The van der Waals surface area contributed by atoms with Gasteiger partial charge in [0.15, 0.2) is 5.92 Å². The Morgan fingerprint density at radius 2 is 2.00 bits per heavy atom. The van der Waals surface area contributed by atoms with Gasteiger partial charge in [-0.25, -0.2) is 4.79 Å². The van der Waals surface area contributed by atoms with Crippen LogP contribution in [-0.4, -0.2) is 52.6 Å². The molecule has 0 spiro atoms. The molecule has 1 aromatic carbocycles. The molecule has 2 atom stereocenters. The summed E-state index contributed by atoms with van der Waals surface area (Å²) in [6.07, 6.45) is 0.881. The van der Waals surface area contributed by atoms with E-state index in [-0.39, 0.29) is 18.7 Å². The van der Waals surface area contributed by atoms with Crippen LogP contribution in [0.25, 0.3) is 0 Å². The lowest BCUT2D eigenvalue weighted by atomic mass is 10.0. The molecular weight excluding hydrogens is 330 g/mol. The standard InChI is InChI=1S/C16H17N3O6/c1-2-19-14(22)11(13(21)18-16(19)25)8-17-12(15(23)24)7-9-3-5-10(20)6-4-9/h3-6,8,11-12,20H,2,7H2,1H3,(H,23,24)(H,18,21,25)/p-1/t11-,12+/m1/s1. The summed E-state index contributed by atoms with van der Waals surface area (Å²) in [5.74, 6) is -4.44. The molecule has 1 heterocycles. The van der Waals surface area contributed by atoms with Gasteiger partial charge in [-0.15, -0.1) is 0 Å². The van der Waals surface area contributed by atoms with Gasteiger partial charge in [0.05, 0.1) is 12.0 Å². The normalized spacial score (nSPS) is 19.2. The van der Waals surface area contributed by atoms with Crippen molar-refractivity contribution < 1.29 is 29.4 Å². The van der Waals surface area contributed by atoms with Crippen LogP contribution in [0.2, 0.25) is 0 Å². The minimum Gasteiger partial charge on any atom is -0.548 e. The number of hydrogen-bond donors (Lipinski definition) is 2. The maximum Gasteiger partial charge on any atom is 0.330 e. The zero-order valence-corrected chi connectivity index (χ0v) is 13.3. The number of nitrogens with zero attached hydrogens (tertiary/aromatic N) is 2. The first-order chi connectivity index (χ1) is 11.8. The largest absolute Gasteiger partial charge is 0.548 e. The number of carbonyl (C=O) groups excluding carboxylic acids is 4. The number of nitrogens with one attached hydrogen (secondary N) is 1. The number of aliphatic carboxylic acids is 1. The SMILES string of the molecule is CCN1C(=O)NC(=O)[C@@H](C=N[C@@H](Cc2ccc(O)cc2)C(=O)[O-])C1=O. The molecule has 1 saturated heterocycles. The number of aromatic hydroxyl groups is 1. The Labute approximate surface area is 143 Å². The van der Waals surface area contributed by atoms with Gasteiger partial charge in [-0.3, -0.25) is 24.8 Å². The number of urea groups is 1. The number of benzene rings is 1. The van der Waals surface area contributed by atoms with Gasteiger partial charge in [0, 0.05) is 19.2 Å². The van der Waals surface area contributed by atoms with Crippen molar-refractivity contribution in [3.05, 3.63) is 29.8 Å². The molecule has 9 nitrogen and oxygen atoms in total. The van der Waals surface area contributed by atoms with E-state index in [1.54, 1.807) is 6.92 Å². The van der Waals surface area contributed by atoms with E-state index < -0.39 is 35.8 Å². The molecule has 1 aliphatic rings. The van der Waals surface area contributed by atoms with Crippen molar-refractivity contribution in [1.82, 2.24) is 10.2 Å². The Kier molecular flexibility index (Phi) is 5.48. The van der Waals surface area contributed by atoms with Crippen LogP contribution in [0, 0.1) is 5.92 Å². The topological polar surface area (TPSA) is 139 Å². The predicted octanol–water partition coefficient (Wildman–Crippen LogP) is -1.16. The van der Waals surface area contributed by atoms with Crippen LogP contribution in [0.3, 0.4) is 0 Å². The summed E-state index contributed by atoms with van der Waals surface area (Å²) in [4.78, 5) is 51.3. The van der Waals surface area contributed by atoms with E-state index in [1.165, 1.54) is 24.3 Å². The molecule has 0 aromatic heterocycles. The van der Waals surface area contributed by atoms with Crippen LogP contribution in [-0.2, 0) is 20.8 Å². The molecule has 0 bridgehead atoms. The van der Waals surface area contributed by atoms with E-state index in [0.29, 0.717) is 5.56 Å². The highest BCUT2D eigenvalue weighted by Crippen LogP contribution is 2.13. The van der Waals surface area contributed by atoms with Crippen molar-refractivity contribution in [1.29, 1.82) is 0 Å². The summed E-state index contributed by atoms with van der Waals surface area (Å²) < 4.78 is 0. The number of rotatable bonds is 6. The number of carbonyl (C=O) groups is 4. The maximum atomic E-state index is 12.1. The number of phenolic OH excluding ortho intramolecular Hbond substituents is 1. The summed E-state index contributed by atoms with van der Waals surface area (Å²) in [5.41, 5.74) is 0.578. The van der Waals surface area contributed by atoms with Gasteiger partial charge in [-0.1, -0.05) is 12.1 Å². The Bertz CT molecular complexity index is 728. The van der Waals surface area contributed by atoms with E-state index in [0.717, 1.165) is 11.1 Å². The fourth-order valence-electron chi connectivity index (χ4n) is 2.30. The summed E-state index contributed by atoms with van der Waals surface area (Å²) in [6.45, 7) is 1.63. The van der Waals surface area contributed by atoms with Gasteiger partial charge in [0.2, 0.25) is 11.8 Å². The molecule has 4 amide bonds. The zero-order valence-electron chi connectivity index (χ0n) is 13.3. The molecule has 2 N–H and O–H groups in total. The summed E-state index contributed by atoms with van der Waals surface area (Å²) in [7, 11) is 0. The lowest BCUT2D eigenvalue weighted by molar-refractivity contribution is -0.307. The average Bonchev–Trinajstić information content (AvgIpc) is 2.55. The van der Waals surface area contributed by atoms with Crippen LogP contribution in [0.4, 0.5) is 4.79 Å². The van der Waals surface area contributed by atoms with Gasteiger partial charge in [-0.2, -0.15) is 0 Å². The summed E-state index contributed by atoms with van der Waals surface area (Å²) >= 11 is 0.